The van der Waals surface area contributed by atoms with Gasteiger partial charge in [-0.25, -0.2) is 0 Å². The Morgan fingerprint density at radius 3 is 2.38 bits per heavy atom. The van der Waals surface area contributed by atoms with Crippen molar-refractivity contribution in [2.45, 2.75) is 22.6 Å². The molecule has 2 aromatic rings. The predicted octanol–water partition coefficient (Wildman–Crippen LogP) is 3.98. The number of carbonyl (C=O) groups excluding carboxylic acids is 2. The Kier molecular flexibility index (Phi) is 6.43. The van der Waals surface area contributed by atoms with E-state index in [1.54, 1.807) is 11.8 Å². The summed E-state index contributed by atoms with van der Waals surface area (Å²) in [6, 6.07) is 15.5. The van der Waals surface area contributed by atoms with Crippen LogP contribution in [0.25, 0.3) is 0 Å². The van der Waals surface area contributed by atoms with Crippen molar-refractivity contribution < 1.29 is 9.59 Å². The number of para-hydroxylation sites is 1. The molecule has 1 saturated heterocycles. The first-order valence-electron chi connectivity index (χ1n) is 9.92. The maximum Gasteiger partial charge on any atom is 0.238 e. The molecule has 1 saturated carbocycles. The maximum atomic E-state index is 12.6. The van der Waals surface area contributed by atoms with Gasteiger partial charge in [0.15, 0.2) is 0 Å². The zero-order valence-electron chi connectivity index (χ0n) is 16.1. The molecule has 4 rings (SSSR count). The fourth-order valence-electron chi connectivity index (χ4n) is 3.40. The van der Waals surface area contributed by atoms with E-state index in [9.17, 15) is 9.59 Å². The van der Waals surface area contributed by atoms with Crippen molar-refractivity contribution in [3.05, 3.63) is 53.6 Å². The minimum Gasteiger partial charge on any atom is -0.340 e. The molecule has 0 spiro atoms. The van der Waals surface area contributed by atoms with Crippen LogP contribution in [0.15, 0.2) is 58.3 Å². The van der Waals surface area contributed by atoms with Crippen LogP contribution in [-0.4, -0.2) is 54.3 Å². The Morgan fingerprint density at radius 1 is 1.00 bits per heavy atom. The Balaban J connectivity index is 1.30. The summed E-state index contributed by atoms with van der Waals surface area (Å²) < 4.78 is 0. The number of carbonyl (C=O) groups is 2. The van der Waals surface area contributed by atoms with Crippen molar-refractivity contribution in [2.24, 2.45) is 5.92 Å². The summed E-state index contributed by atoms with van der Waals surface area (Å²) in [4.78, 5) is 30.9. The van der Waals surface area contributed by atoms with Crippen LogP contribution < -0.4 is 5.32 Å². The first-order valence-corrected chi connectivity index (χ1v) is 11.1. The summed E-state index contributed by atoms with van der Waals surface area (Å²) in [6.45, 7) is 3.25. The molecule has 29 heavy (non-hydrogen) atoms. The normalized spacial score (nSPS) is 17.2. The molecule has 1 aliphatic heterocycles. The lowest BCUT2D eigenvalue weighted by molar-refractivity contribution is -0.134. The van der Waals surface area contributed by atoms with E-state index in [4.69, 9.17) is 11.6 Å². The van der Waals surface area contributed by atoms with Crippen molar-refractivity contribution in [1.82, 2.24) is 9.80 Å². The first-order chi connectivity index (χ1) is 14.1. The lowest BCUT2D eigenvalue weighted by Crippen LogP contribution is -2.50. The third-order valence-corrected chi connectivity index (χ3v) is 6.52. The van der Waals surface area contributed by atoms with Gasteiger partial charge in [0, 0.05) is 46.9 Å². The summed E-state index contributed by atoms with van der Waals surface area (Å²) in [5, 5.41) is 3.75. The predicted molar refractivity (Wildman–Crippen MR) is 116 cm³/mol. The second-order valence-electron chi connectivity index (χ2n) is 7.48. The molecule has 152 valence electrons. The summed E-state index contributed by atoms with van der Waals surface area (Å²) in [7, 11) is 0. The molecule has 2 aromatic carbocycles. The molecule has 0 aromatic heterocycles. The molecule has 1 N–H and O–H groups in total. The van der Waals surface area contributed by atoms with Crippen molar-refractivity contribution in [3.8, 4) is 0 Å². The smallest absolute Gasteiger partial charge is 0.238 e. The molecule has 2 amide bonds. The van der Waals surface area contributed by atoms with Crippen LogP contribution in [0.2, 0.25) is 5.02 Å². The molecular weight excluding hydrogens is 406 g/mol. The Bertz CT molecular complexity index is 878. The Labute approximate surface area is 180 Å². The molecule has 5 nitrogen and oxygen atoms in total. The highest BCUT2D eigenvalue weighted by Gasteiger charge is 2.34. The molecule has 0 unspecified atom stereocenters. The van der Waals surface area contributed by atoms with Gasteiger partial charge in [-0.15, -0.1) is 0 Å². The zero-order chi connectivity index (χ0) is 20.2. The van der Waals surface area contributed by atoms with E-state index in [-0.39, 0.29) is 11.8 Å². The Hall–Kier alpha value is -2.02. The second kappa shape index (κ2) is 9.20. The van der Waals surface area contributed by atoms with Crippen LogP contribution in [0.5, 0.6) is 0 Å². The average molecular weight is 430 g/mol. The topological polar surface area (TPSA) is 52.7 Å². The lowest BCUT2D eigenvalue weighted by Gasteiger charge is -2.34. The van der Waals surface area contributed by atoms with Crippen LogP contribution >= 0.6 is 23.4 Å². The summed E-state index contributed by atoms with van der Waals surface area (Å²) >= 11 is 7.55. The largest absolute Gasteiger partial charge is 0.340 e. The quantitative estimate of drug-likeness (QED) is 0.754. The van der Waals surface area contributed by atoms with Gasteiger partial charge in [0.05, 0.1) is 12.2 Å². The molecule has 2 fully saturated rings. The summed E-state index contributed by atoms with van der Waals surface area (Å²) in [5.41, 5.74) is 0.806. The van der Waals surface area contributed by atoms with Crippen molar-refractivity contribution in [1.29, 1.82) is 0 Å². The number of hydrogen-bond acceptors (Lipinski definition) is 4. The standard InChI is InChI=1S/C22H24ClN3O2S/c23-17-7-9-18(10-8-17)29-20-4-2-1-3-19(20)24-21(27)15-25-11-13-26(14-12-25)22(28)16-5-6-16/h1-4,7-10,16H,5-6,11-15H2,(H,24,27). The minimum absolute atomic E-state index is 0.0314. The highest BCUT2D eigenvalue weighted by Crippen LogP contribution is 2.34. The average Bonchev–Trinajstić information content (AvgIpc) is 3.56. The van der Waals surface area contributed by atoms with E-state index in [0.717, 1.165) is 41.4 Å². The van der Waals surface area contributed by atoms with Gasteiger partial charge < -0.3 is 10.2 Å². The van der Waals surface area contributed by atoms with Gasteiger partial charge in [-0.1, -0.05) is 35.5 Å². The van der Waals surface area contributed by atoms with Crippen LogP contribution in [0.1, 0.15) is 12.8 Å². The van der Waals surface area contributed by atoms with Crippen molar-refractivity contribution in [3.63, 3.8) is 0 Å². The van der Waals surface area contributed by atoms with Gasteiger partial charge in [0.1, 0.15) is 0 Å². The number of nitrogens with zero attached hydrogens (tertiary/aromatic N) is 2. The van der Waals surface area contributed by atoms with E-state index in [0.29, 0.717) is 30.6 Å². The zero-order valence-corrected chi connectivity index (χ0v) is 17.7. The van der Waals surface area contributed by atoms with Gasteiger partial charge in [0.25, 0.3) is 0 Å². The molecule has 0 bridgehead atoms. The van der Waals surface area contributed by atoms with Crippen molar-refractivity contribution in [2.75, 3.05) is 38.0 Å². The number of rotatable bonds is 6. The summed E-state index contributed by atoms with van der Waals surface area (Å²) in [6.07, 6.45) is 2.07. The lowest BCUT2D eigenvalue weighted by atomic mass is 10.2. The number of benzene rings is 2. The Morgan fingerprint density at radius 2 is 1.69 bits per heavy atom. The van der Waals surface area contributed by atoms with Gasteiger partial charge in [-0.2, -0.15) is 0 Å². The van der Waals surface area contributed by atoms with E-state index >= 15 is 0 Å². The van der Waals surface area contributed by atoms with Crippen LogP contribution in [0.3, 0.4) is 0 Å². The number of anilines is 1. The van der Waals surface area contributed by atoms with Crippen LogP contribution in [-0.2, 0) is 9.59 Å². The number of piperazine rings is 1. The highest BCUT2D eigenvalue weighted by atomic mass is 35.5. The SMILES string of the molecule is O=C(CN1CCN(C(=O)C2CC2)CC1)Nc1ccccc1Sc1ccc(Cl)cc1. The number of nitrogens with one attached hydrogen (secondary N) is 1. The highest BCUT2D eigenvalue weighted by molar-refractivity contribution is 7.99. The van der Waals surface area contributed by atoms with Crippen molar-refractivity contribution >= 4 is 40.9 Å². The molecule has 1 aliphatic carbocycles. The maximum absolute atomic E-state index is 12.6. The van der Waals surface area contributed by atoms with Gasteiger partial charge in [0.2, 0.25) is 11.8 Å². The van der Waals surface area contributed by atoms with E-state index in [2.05, 4.69) is 10.2 Å². The second-order valence-corrected chi connectivity index (χ2v) is 9.03. The van der Waals surface area contributed by atoms with Crippen LogP contribution in [0.4, 0.5) is 5.69 Å². The van der Waals surface area contributed by atoms with E-state index in [1.165, 1.54) is 0 Å². The molecule has 1 heterocycles. The van der Waals surface area contributed by atoms with Gasteiger partial charge >= 0.3 is 0 Å². The number of hydrogen-bond donors (Lipinski definition) is 1. The fourth-order valence-corrected chi connectivity index (χ4v) is 4.42. The van der Waals surface area contributed by atoms with E-state index < -0.39 is 0 Å². The first kappa shape index (κ1) is 20.3. The number of amides is 2. The molecule has 2 aliphatic rings. The molecule has 0 radical (unpaired) electrons. The fraction of sp³-hybridized carbons (Fsp3) is 0.364. The molecule has 0 atom stereocenters. The number of halogens is 1. The molecular formula is C22H24ClN3O2S. The van der Waals surface area contributed by atoms with Gasteiger partial charge in [-0.05, 0) is 49.2 Å². The van der Waals surface area contributed by atoms with E-state index in [1.807, 2.05) is 53.4 Å². The summed E-state index contributed by atoms with van der Waals surface area (Å²) in [5.74, 6) is 0.526. The molecule has 7 heteroatoms. The monoisotopic (exact) mass is 429 g/mol. The minimum atomic E-state index is -0.0314. The van der Waals surface area contributed by atoms with Gasteiger partial charge in [-0.3, -0.25) is 14.5 Å². The third-order valence-electron chi connectivity index (χ3n) is 5.18. The van der Waals surface area contributed by atoms with Crippen LogP contribution in [0, 0.1) is 5.92 Å². The third kappa shape index (κ3) is 5.53.